The van der Waals surface area contributed by atoms with Crippen LogP contribution in [-0.2, 0) is 0 Å². The Morgan fingerprint density at radius 1 is 1.78 bits per heavy atom. The molecular weight excluding hydrogens is 150 g/mol. The molecule has 0 rings (SSSR count). The van der Waals surface area contributed by atoms with Gasteiger partial charge in [0.1, 0.15) is 0 Å². The molecule has 0 aromatic heterocycles. The monoisotopic (exact) mass is 159 g/mol. The first-order chi connectivity index (χ1) is 4.41. The molecule has 0 atom stereocenters. The van der Waals surface area contributed by atoms with Crippen LogP contribution in [0, 0.1) is 0 Å². The van der Waals surface area contributed by atoms with Gasteiger partial charge in [-0.2, -0.15) is 11.8 Å². The summed E-state index contributed by atoms with van der Waals surface area (Å²) < 4.78 is 0. The molecule has 0 aromatic carbocycles. The van der Waals surface area contributed by atoms with Crippen LogP contribution in [0.2, 0.25) is 0 Å². The van der Waals surface area contributed by atoms with Crippen LogP contribution in [0.15, 0.2) is 17.3 Å². The van der Waals surface area contributed by atoms with Gasteiger partial charge in [0.15, 0.2) is 0 Å². The molecule has 1 nitrogen and oxygen atoms in total. The molecule has 0 heterocycles. The highest BCUT2D eigenvalue weighted by atomic mass is 32.2. The molecule has 0 radical (unpaired) electrons. The molecule has 0 aliphatic carbocycles. The third-order valence-corrected chi connectivity index (χ3v) is 1.47. The smallest absolute Gasteiger partial charge is 0.0634 e. The fourth-order valence-electron chi connectivity index (χ4n) is 0.344. The Morgan fingerprint density at radius 2 is 2.56 bits per heavy atom. The van der Waals surface area contributed by atoms with E-state index in [1.54, 1.807) is 6.20 Å². The van der Waals surface area contributed by atoms with E-state index in [4.69, 9.17) is 0 Å². The van der Waals surface area contributed by atoms with Crippen LogP contribution in [0.4, 0.5) is 0 Å². The largest absolute Gasteiger partial charge is 0.203 e. The maximum Gasteiger partial charge on any atom is 0.0634 e. The summed E-state index contributed by atoms with van der Waals surface area (Å²) in [5.74, 6) is 1.14. The fraction of sp³-hybridized carbons (Fsp3) is 0.500. The molecule has 3 heteroatoms. The van der Waals surface area contributed by atoms with Gasteiger partial charge in [-0.25, -0.2) is 4.99 Å². The van der Waals surface area contributed by atoms with Crippen molar-refractivity contribution in [3.63, 3.8) is 0 Å². The van der Waals surface area contributed by atoms with Gasteiger partial charge in [-0.15, -0.1) is 0 Å². The summed E-state index contributed by atoms with van der Waals surface area (Å²) in [6, 6.07) is 0. The topological polar surface area (TPSA) is 12.4 Å². The van der Waals surface area contributed by atoms with Crippen molar-refractivity contribution in [1.82, 2.24) is 0 Å². The third kappa shape index (κ3) is 7.89. The van der Waals surface area contributed by atoms with Crippen LogP contribution < -0.4 is 0 Å². The molecular formula is C6H9NS2. The van der Waals surface area contributed by atoms with E-state index in [2.05, 4.69) is 28.6 Å². The molecule has 0 saturated carbocycles. The summed E-state index contributed by atoms with van der Waals surface area (Å²) in [4.78, 5) is 3.62. The molecule has 0 bridgehead atoms. The maximum atomic E-state index is 4.36. The summed E-state index contributed by atoms with van der Waals surface area (Å²) in [5, 5.41) is 2.26. The Hall–Kier alpha value is -0.110. The number of allylic oxidation sites excluding steroid dienone is 1. The summed E-state index contributed by atoms with van der Waals surface area (Å²) >= 11 is 6.18. The second-order valence-electron chi connectivity index (χ2n) is 1.39. The Bertz CT molecular complexity index is 125. The van der Waals surface area contributed by atoms with Gasteiger partial charge in [-0.3, -0.25) is 0 Å². The number of thiocarbonyl (C=S) groups is 1. The number of thioether (sulfide) groups is 1. The van der Waals surface area contributed by atoms with Crippen molar-refractivity contribution in [2.75, 3.05) is 12.0 Å². The minimum absolute atomic E-state index is 1.06. The lowest BCUT2D eigenvalue weighted by Crippen LogP contribution is -1.69. The SMILES string of the molecule is CSCCC=CN=C=S. The standard InChI is InChI=1S/C6H9NS2/c1-9-5-3-2-4-7-6-8/h2,4H,3,5H2,1H3. The van der Waals surface area contributed by atoms with Crippen molar-refractivity contribution in [2.45, 2.75) is 6.42 Å². The van der Waals surface area contributed by atoms with Crippen LogP contribution in [0.25, 0.3) is 0 Å². The van der Waals surface area contributed by atoms with E-state index < -0.39 is 0 Å². The Labute approximate surface area is 65.3 Å². The van der Waals surface area contributed by atoms with Crippen LogP contribution in [0.3, 0.4) is 0 Å². The quantitative estimate of drug-likeness (QED) is 0.355. The van der Waals surface area contributed by atoms with E-state index in [-0.39, 0.29) is 0 Å². The highest BCUT2D eigenvalue weighted by Gasteiger charge is 1.74. The van der Waals surface area contributed by atoms with Gasteiger partial charge in [0.05, 0.1) is 5.16 Å². The average Bonchev–Trinajstić information content (AvgIpc) is 1.89. The molecule has 0 amide bonds. The van der Waals surface area contributed by atoms with Gasteiger partial charge in [0.25, 0.3) is 0 Å². The first-order valence-corrected chi connectivity index (χ1v) is 4.43. The van der Waals surface area contributed by atoms with Gasteiger partial charge < -0.3 is 0 Å². The van der Waals surface area contributed by atoms with E-state index in [1.807, 2.05) is 17.8 Å². The predicted octanol–water partition coefficient (Wildman–Crippen LogP) is 2.36. The van der Waals surface area contributed by atoms with E-state index >= 15 is 0 Å². The summed E-state index contributed by atoms with van der Waals surface area (Å²) in [6.07, 6.45) is 6.80. The summed E-state index contributed by atoms with van der Waals surface area (Å²) in [6.45, 7) is 0. The number of hydrogen-bond acceptors (Lipinski definition) is 3. The molecule has 0 N–H and O–H groups in total. The zero-order chi connectivity index (χ0) is 6.95. The highest BCUT2D eigenvalue weighted by Crippen LogP contribution is 1.95. The minimum atomic E-state index is 1.06. The molecule has 0 fully saturated rings. The Balaban J connectivity index is 3.14. The lowest BCUT2D eigenvalue weighted by Gasteiger charge is -1.84. The van der Waals surface area contributed by atoms with Crippen molar-refractivity contribution < 1.29 is 0 Å². The summed E-state index contributed by atoms with van der Waals surface area (Å²) in [7, 11) is 0. The van der Waals surface area contributed by atoms with E-state index in [0.29, 0.717) is 0 Å². The van der Waals surface area contributed by atoms with Crippen LogP contribution in [0.5, 0.6) is 0 Å². The maximum absolute atomic E-state index is 4.36. The number of rotatable bonds is 4. The van der Waals surface area contributed by atoms with Gasteiger partial charge >= 0.3 is 0 Å². The highest BCUT2D eigenvalue weighted by molar-refractivity contribution is 7.98. The minimum Gasteiger partial charge on any atom is -0.203 e. The van der Waals surface area contributed by atoms with Crippen molar-refractivity contribution in [1.29, 1.82) is 0 Å². The number of nitrogens with zero attached hydrogens (tertiary/aromatic N) is 1. The van der Waals surface area contributed by atoms with Gasteiger partial charge in [0.2, 0.25) is 0 Å². The first kappa shape index (κ1) is 8.89. The molecule has 50 valence electrons. The van der Waals surface area contributed by atoms with Crippen LogP contribution in [-0.4, -0.2) is 17.2 Å². The van der Waals surface area contributed by atoms with Crippen molar-refractivity contribution >= 4 is 29.1 Å². The third-order valence-electron chi connectivity index (χ3n) is 0.721. The van der Waals surface area contributed by atoms with Crippen LogP contribution in [0.1, 0.15) is 6.42 Å². The first-order valence-electron chi connectivity index (χ1n) is 2.62. The zero-order valence-corrected chi connectivity index (χ0v) is 6.97. The van der Waals surface area contributed by atoms with Crippen molar-refractivity contribution in [3.05, 3.63) is 12.3 Å². The molecule has 0 aliphatic heterocycles. The van der Waals surface area contributed by atoms with Crippen LogP contribution >= 0.6 is 24.0 Å². The Kier molecular flexibility index (Phi) is 7.79. The average molecular weight is 159 g/mol. The van der Waals surface area contributed by atoms with Gasteiger partial charge in [-0.05, 0) is 30.6 Å². The second-order valence-corrected chi connectivity index (χ2v) is 2.55. The molecule has 0 aliphatic rings. The predicted molar refractivity (Wildman–Crippen MR) is 47.2 cm³/mol. The Morgan fingerprint density at radius 3 is 3.11 bits per heavy atom. The molecule has 0 aromatic rings. The molecule has 9 heavy (non-hydrogen) atoms. The van der Waals surface area contributed by atoms with E-state index in [0.717, 1.165) is 12.2 Å². The number of hydrogen-bond donors (Lipinski definition) is 0. The lowest BCUT2D eigenvalue weighted by atomic mass is 10.5. The normalized spacial score (nSPS) is 9.44. The molecule has 0 unspecified atom stereocenters. The fourth-order valence-corrected chi connectivity index (χ4v) is 0.776. The van der Waals surface area contributed by atoms with Crippen molar-refractivity contribution in [3.8, 4) is 0 Å². The molecule has 0 spiro atoms. The lowest BCUT2D eigenvalue weighted by molar-refractivity contribution is 1.23. The summed E-state index contributed by atoms with van der Waals surface area (Å²) in [5.41, 5.74) is 0. The second kappa shape index (κ2) is 7.89. The molecule has 0 saturated heterocycles. The van der Waals surface area contributed by atoms with Gasteiger partial charge in [-0.1, -0.05) is 6.08 Å². The zero-order valence-electron chi connectivity index (χ0n) is 5.33. The number of isothiocyanates is 1. The van der Waals surface area contributed by atoms with Crippen molar-refractivity contribution in [2.24, 2.45) is 4.99 Å². The van der Waals surface area contributed by atoms with E-state index in [1.165, 1.54) is 0 Å². The number of aliphatic imine (C=N–C) groups is 1. The van der Waals surface area contributed by atoms with Gasteiger partial charge in [0, 0.05) is 6.20 Å². The van der Waals surface area contributed by atoms with E-state index in [9.17, 15) is 0 Å².